The number of carbonyl (C=O) groups excluding carboxylic acids is 1. The van der Waals surface area contributed by atoms with E-state index in [0.717, 1.165) is 11.3 Å². The fourth-order valence-corrected chi connectivity index (χ4v) is 3.31. The lowest BCUT2D eigenvalue weighted by atomic mass is 10.2. The van der Waals surface area contributed by atoms with Gasteiger partial charge in [-0.2, -0.15) is 0 Å². The average molecular weight is 464 g/mol. The molecule has 10 heteroatoms. The van der Waals surface area contributed by atoms with E-state index in [1.807, 2.05) is 31.2 Å². The number of hydrogen-bond donors (Lipinski definition) is 1. The van der Waals surface area contributed by atoms with Crippen molar-refractivity contribution in [2.24, 2.45) is 0 Å². The van der Waals surface area contributed by atoms with Gasteiger partial charge in [-0.25, -0.2) is 19.7 Å². The van der Waals surface area contributed by atoms with Gasteiger partial charge in [0, 0.05) is 25.3 Å². The second kappa shape index (κ2) is 10.6. The van der Waals surface area contributed by atoms with Crippen molar-refractivity contribution in [3.05, 3.63) is 58.4 Å². The molecule has 2 heterocycles. The lowest BCUT2D eigenvalue weighted by Gasteiger charge is -2.16. The zero-order valence-corrected chi connectivity index (χ0v) is 18.9. The molecule has 0 unspecified atom stereocenters. The van der Waals surface area contributed by atoms with Crippen LogP contribution in [0.3, 0.4) is 0 Å². The number of nitrogens with one attached hydrogen (secondary N) is 1. The third-order valence-corrected chi connectivity index (χ3v) is 4.91. The van der Waals surface area contributed by atoms with Gasteiger partial charge in [0.2, 0.25) is 11.1 Å². The van der Waals surface area contributed by atoms with E-state index in [-0.39, 0.29) is 28.8 Å². The van der Waals surface area contributed by atoms with Crippen molar-refractivity contribution in [2.45, 2.75) is 33.0 Å². The molecule has 0 radical (unpaired) electrons. The summed E-state index contributed by atoms with van der Waals surface area (Å²) in [7, 11) is 1.64. The lowest BCUT2D eigenvalue weighted by molar-refractivity contribution is 0.0505. The summed E-state index contributed by atoms with van der Waals surface area (Å²) in [4.78, 5) is 24.9. The predicted molar refractivity (Wildman–Crippen MR) is 119 cm³/mol. The molecule has 0 bridgehead atoms. The molecule has 0 spiro atoms. The van der Waals surface area contributed by atoms with E-state index in [1.165, 1.54) is 6.20 Å². The van der Waals surface area contributed by atoms with Crippen LogP contribution in [-0.4, -0.2) is 45.2 Å². The zero-order chi connectivity index (χ0) is 22.4. The molecular weight excluding hydrogens is 441 g/mol. The van der Waals surface area contributed by atoms with Gasteiger partial charge in [0.05, 0.1) is 24.9 Å². The average Bonchev–Trinajstić information content (AvgIpc) is 3.18. The van der Waals surface area contributed by atoms with Crippen LogP contribution in [0.15, 0.2) is 36.7 Å². The summed E-state index contributed by atoms with van der Waals surface area (Å²) in [6.07, 6.45) is 3.11. The summed E-state index contributed by atoms with van der Waals surface area (Å²) >= 11 is 12.1. The highest BCUT2D eigenvalue weighted by atomic mass is 35.5. The van der Waals surface area contributed by atoms with Crippen LogP contribution in [0.25, 0.3) is 11.4 Å². The maximum atomic E-state index is 12.5. The third-order valence-electron chi connectivity index (χ3n) is 4.45. The molecule has 0 fully saturated rings. The van der Waals surface area contributed by atoms with E-state index < -0.39 is 5.97 Å². The van der Waals surface area contributed by atoms with Gasteiger partial charge in [-0.3, -0.25) is 0 Å². The lowest BCUT2D eigenvalue weighted by Crippen LogP contribution is -2.31. The summed E-state index contributed by atoms with van der Waals surface area (Å²) in [5.41, 5.74) is 1.85. The quantitative estimate of drug-likeness (QED) is 0.378. The van der Waals surface area contributed by atoms with E-state index in [1.54, 1.807) is 24.8 Å². The predicted octanol–water partition coefficient (Wildman–Crippen LogP) is 4.01. The summed E-state index contributed by atoms with van der Waals surface area (Å²) in [6.45, 7) is 5.11. The molecule has 1 N–H and O–H groups in total. The number of imidazole rings is 1. The highest BCUT2D eigenvalue weighted by molar-refractivity contribution is 6.33. The Morgan fingerprint density at radius 3 is 2.84 bits per heavy atom. The normalized spacial score (nSPS) is 11.9. The summed E-state index contributed by atoms with van der Waals surface area (Å²) in [6, 6.07) is 7.85. The molecule has 8 nitrogen and oxygen atoms in total. The second-order valence-electron chi connectivity index (χ2n) is 6.79. The van der Waals surface area contributed by atoms with E-state index in [4.69, 9.17) is 32.7 Å². The fraction of sp³-hybridized carbons (Fsp3) is 0.333. The maximum Gasteiger partial charge on any atom is 0.374 e. The Balaban J connectivity index is 1.80. The van der Waals surface area contributed by atoms with E-state index in [2.05, 4.69) is 20.3 Å². The van der Waals surface area contributed by atoms with Gasteiger partial charge in [0.15, 0.2) is 0 Å². The van der Waals surface area contributed by atoms with Crippen molar-refractivity contribution in [3.63, 3.8) is 0 Å². The maximum absolute atomic E-state index is 12.5. The number of carbonyl (C=O) groups is 1. The standard InChI is InChI=1S/C21H23Cl2N5O3/c1-4-31-20(29)19-26-17(18-16(22)10-25-21(23)27-18)12-28(19)11-13(2)24-9-14-6-5-7-15(8-14)30-3/h5-8,10,12-13,24H,4,9,11H2,1-3H3/t13-/m0/s1. The van der Waals surface area contributed by atoms with Crippen LogP contribution < -0.4 is 10.1 Å². The highest BCUT2D eigenvalue weighted by Crippen LogP contribution is 2.26. The molecule has 0 amide bonds. The number of nitrogens with zero attached hydrogens (tertiary/aromatic N) is 4. The number of halogens is 2. The van der Waals surface area contributed by atoms with Crippen LogP contribution in [-0.2, 0) is 17.8 Å². The summed E-state index contributed by atoms with van der Waals surface area (Å²) in [5, 5.41) is 3.76. The van der Waals surface area contributed by atoms with Crippen molar-refractivity contribution in [2.75, 3.05) is 13.7 Å². The van der Waals surface area contributed by atoms with Gasteiger partial charge >= 0.3 is 5.97 Å². The van der Waals surface area contributed by atoms with Crippen molar-refractivity contribution in [1.82, 2.24) is 24.8 Å². The molecule has 0 aliphatic heterocycles. The molecule has 3 aromatic rings. The van der Waals surface area contributed by atoms with Crippen LogP contribution in [0.5, 0.6) is 5.75 Å². The van der Waals surface area contributed by atoms with Crippen molar-refractivity contribution in [3.8, 4) is 17.1 Å². The molecule has 0 aliphatic rings. The Morgan fingerprint density at radius 2 is 2.10 bits per heavy atom. The topological polar surface area (TPSA) is 91.2 Å². The molecule has 31 heavy (non-hydrogen) atoms. The van der Waals surface area contributed by atoms with Crippen LogP contribution in [0.1, 0.15) is 30.0 Å². The Morgan fingerprint density at radius 1 is 1.29 bits per heavy atom. The zero-order valence-electron chi connectivity index (χ0n) is 17.4. The van der Waals surface area contributed by atoms with Crippen LogP contribution in [0.2, 0.25) is 10.3 Å². The van der Waals surface area contributed by atoms with Gasteiger partial charge < -0.3 is 19.4 Å². The fourth-order valence-electron chi connectivity index (χ4n) is 2.99. The molecule has 0 saturated carbocycles. The number of methoxy groups -OCH3 is 1. The molecule has 1 atom stereocenters. The number of benzene rings is 1. The van der Waals surface area contributed by atoms with Crippen molar-refractivity contribution >= 4 is 29.2 Å². The van der Waals surface area contributed by atoms with Crippen LogP contribution in [0.4, 0.5) is 0 Å². The molecular formula is C21H23Cl2N5O3. The Hall–Kier alpha value is -2.68. The SMILES string of the molecule is CCOC(=O)c1nc(-c2nc(Cl)ncc2Cl)cn1C[C@H](C)NCc1cccc(OC)c1. The molecule has 2 aromatic heterocycles. The smallest absolute Gasteiger partial charge is 0.374 e. The first-order valence-electron chi connectivity index (χ1n) is 9.70. The second-order valence-corrected chi connectivity index (χ2v) is 7.54. The first-order chi connectivity index (χ1) is 14.9. The monoisotopic (exact) mass is 463 g/mol. The van der Waals surface area contributed by atoms with Crippen molar-refractivity contribution < 1.29 is 14.3 Å². The highest BCUT2D eigenvalue weighted by Gasteiger charge is 2.21. The third kappa shape index (κ3) is 5.94. The minimum Gasteiger partial charge on any atom is -0.497 e. The van der Waals surface area contributed by atoms with Gasteiger partial charge in [0.1, 0.15) is 17.1 Å². The minimum atomic E-state index is -0.523. The minimum absolute atomic E-state index is 0.0193. The molecule has 0 saturated heterocycles. The van der Waals surface area contributed by atoms with Gasteiger partial charge in [-0.05, 0) is 43.1 Å². The molecule has 3 rings (SSSR count). The molecule has 164 valence electrons. The van der Waals surface area contributed by atoms with Crippen LogP contribution in [0, 0.1) is 0 Å². The summed E-state index contributed by atoms with van der Waals surface area (Å²) < 4.78 is 12.1. The van der Waals surface area contributed by atoms with Gasteiger partial charge in [-0.1, -0.05) is 23.7 Å². The van der Waals surface area contributed by atoms with Crippen LogP contribution >= 0.6 is 23.2 Å². The number of rotatable bonds is 9. The van der Waals surface area contributed by atoms with E-state index in [0.29, 0.717) is 24.5 Å². The first-order valence-corrected chi connectivity index (χ1v) is 10.5. The number of ether oxygens (including phenoxy) is 2. The number of esters is 1. The molecule has 1 aromatic carbocycles. The number of hydrogen-bond acceptors (Lipinski definition) is 7. The largest absolute Gasteiger partial charge is 0.497 e. The Kier molecular flexibility index (Phi) is 7.84. The van der Waals surface area contributed by atoms with Gasteiger partial charge in [0.25, 0.3) is 0 Å². The van der Waals surface area contributed by atoms with E-state index >= 15 is 0 Å². The van der Waals surface area contributed by atoms with Gasteiger partial charge in [-0.15, -0.1) is 0 Å². The molecule has 0 aliphatic carbocycles. The summed E-state index contributed by atoms with van der Waals surface area (Å²) in [5.74, 6) is 0.443. The van der Waals surface area contributed by atoms with Crippen molar-refractivity contribution in [1.29, 1.82) is 0 Å². The van der Waals surface area contributed by atoms with E-state index in [9.17, 15) is 4.79 Å². The first kappa shape index (κ1) is 23.0. The Bertz CT molecular complexity index is 1060. The number of aromatic nitrogens is 4. The Labute approximate surface area is 190 Å².